The summed E-state index contributed by atoms with van der Waals surface area (Å²) in [6, 6.07) is 0. The molecule has 0 saturated heterocycles. The Hall–Kier alpha value is -0.690. The summed E-state index contributed by atoms with van der Waals surface area (Å²) in [4.78, 5) is 14.6. The summed E-state index contributed by atoms with van der Waals surface area (Å²) in [5, 5.41) is 9.58. The first kappa shape index (κ1) is 49.3. The molecule has 0 radical (unpaired) electrons. The first-order valence-corrected chi connectivity index (χ1v) is 22.3. The monoisotopic (exact) mass is 712 g/mol. The summed E-state index contributed by atoms with van der Waals surface area (Å²) in [5.74, 6) is -0.0221. The second kappa shape index (κ2) is 41.1. The quantitative estimate of drug-likeness (QED) is 0.0386. The van der Waals surface area contributed by atoms with Gasteiger partial charge in [-0.3, -0.25) is 4.79 Å². The van der Waals surface area contributed by atoms with Crippen LogP contribution in [0.1, 0.15) is 227 Å². The van der Waals surface area contributed by atoms with Crippen LogP contribution in [0.15, 0.2) is 0 Å². The van der Waals surface area contributed by atoms with Gasteiger partial charge in [0.2, 0.25) is 0 Å². The summed E-state index contributed by atoms with van der Waals surface area (Å²) in [6.45, 7) is 13.6. The highest BCUT2D eigenvalue weighted by atomic mass is 16.7. The van der Waals surface area contributed by atoms with Gasteiger partial charge in [0.25, 0.3) is 0 Å². The van der Waals surface area contributed by atoms with Gasteiger partial charge in [-0.05, 0) is 77.8 Å². The van der Waals surface area contributed by atoms with Crippen LogP contribution in [0, 0.1) is 0 Å². The average molecular weight is 712 g/mol. The number of carbonyl (C=O) groups is 1. The number of rotatable bonds is 42. The third-order valence-electron chi connectivity index (χ3n) is 10.1. The van der Waals surface area contributed by atoms with Crippen molar-refractivity contribution in [1.29, 1.82) is 0 Å². The molecule has 1 atom stereocenters. The van der Waals surface area contributed by atoms with E-state index in [2.05, 4.69) is 25.7 Å². The second-order valence-electron chi connectivity index (χ2n) is 15.2. The van der Waals surface area contributed by atoms with E-state index in [0.717, 1.165) is 77.8 Å². The molecule has 50 heavy (non-hydrogen) atoms. The summed E-state index contributed by atoms with van der Waals surface area (Å²) in [5.41, 5.74) is 0. The number of aliphatic hydroxyl groups excluding tert-OH is 1. The van der Waals surface area contributed by atoms with E-state index in [-0.39, 0.29) is 25.0 Å². The Balaban J connectivity index is 3.99. The summed E-state index contributed by atoms with van der Waals surface area (Å²) in [7, 11) is 0. The first-order valence-electron chi connectivity index (χ1n) is 22.3. The molecule has 6 heteroatoms. The van der Waals surface area contributed by atoms with E-state index >= 15 is 0 Å². The molecular formula is C44H89NO5. The van der Waals surface area contributed by atoms with Crippen LogP contribution >= 0.6 is 0 Å². The van der Waals surface area contributed by atoms with Crippen molar-refractivity contribution in [2.45, 2.75) is 239 Å². The SMILES string of the molecule is CCCCCCCCOC(CCCCCCCN(CCO)CCCCCCCC(=O)OC(C)CCCCCCCC)OCCCCCCCC. The van der Waals surface area contributed by atoms with Crippen LogP contribution in [-0.4, -0.2) is 67.8 Å². The Bertz CT molecular complexity index is 644. The highest BCUT2D eigenvalue weighted by molar-refractivity contribution is 5.69. The van der Waals surface area contributed by atoms with Crippen molar-refractivity contribution in [3.8, 4) is 0 Å². The number of unbranched alkanes of at least 4 members (excludes halogenated alkanes) is 23. The molecule has 0 bridgehead atoms. The molecule has 0 aliphatic heterocycles. The smallest absolute Gasteiger partial charge is 0.306 e. The maximum Gasteiger partial charge on any atom is 0.306 e. The van der Waals surface area contributed by atoms with Crippen LogP contribution in [0.3, 0.4) is 0 Å². The predicted octanol–water partition coefficient (Wildman–Crippen LogP) is 12.7. The van der Waals surface area contributed by atoms with Crippen LogP contribution in [0.5, 0.6) is 0 Å². The largest absolute Gasteiger partial charge is 0.463 e. The normalized spacial score (nSPS) is 12.4. The Kier molecular flexibility index (Phi) is 40.5. The molecule has 0 aromatic heterocycles. The molecular weight excluding hydrogens is 622 g/mol. The Labute approximate surface area is 312 Å². The van der Waals surface area contributed by atoms with Gasteiger partial charge in [-0.2, -0.15) is 0 Å². The summed E-state index contributed by atoms with van der Waals surface area (Å²) < 4.78 is 18.1. The summed E-state index contributed by atoms with van der Waals surface area (Å²) >= 11 is 0. The molecule has 0 spiro atoms. The average Bonchev–Trinajstić information content (AvgIpc) is 3.10. The van der Waals surface area contributed by atoms with Gasteiger partial charge >= 0.3 is 5.97 Å². The minimum absolute atomic E-state index is 0.0221. The van der Waals surface area contributed by atoms with Crippen molar-refractivity contribution >= 4 is 5.97 Å². The fourth-order valence-electron chi connectivity index (χ4n) is 6.75. The number of carbonyl (C=O) groups excluding carboxylic acids is 1. The second-order valence-corrected chi connectivity index (χ2v) is 15.2. The van der Waals surface area contributed by atoms with E-state index in [4.69, 9.17) is 14.2 Å². The van der Waals surface area contributed by atoms with Gasteiger partial charge in [0.15, 0.2) is 6.29 Å². The zero-order valence-electron chi connectivity index (χ0n) is 34.3. The molecule has 0 rings (SSSR count). The Morgan fingerprint density at radius 3 is 1.38 bits per heavy atom. The molecule has 0 aliphatic rings. The highest BCUT2D eigenvalue weighted by Crippen LogP contribution is 2.16. The Morgan fingerprint density at radius 1 is 0.500 bits per heavy atom. The van der Waals surface area contributed by atoms with Crippen LogP contribution in [0.2, 0.25) is 0 Å². The fraction of sp³-hybridized carbons (Fsp3) is 0.977. The van der Waals surface area contributed by atoms with Gasteiger partial charge in [0.1, 0.15) is 0 Å². The lowest BCUT2D eigenvalue weighted by Crippen LogP contribution is -2.29. The van der Waals surface area contributed by atoms with Gasteiger partial charge in [-0.25, -0.2) is 0 Å². The van der Waals surface area contributed by atoms with Gasteiger partial charge in [-0.1, -0.05) is 156 Å². The zero-order chi connectivity index (χ0) is 36.6. The van der Waals surface area contributed by atoms with Crippen LogP contribution in [0.25, 0.3) is 0 Å². The van der Waals surface area contributed by atoms with E-state index in [9.17, 15) is 9.90 Å². The molecule has 0 saturated carbocycles. The van der Waals surface area contributed by atoms with Gasteiger partial charge in [-0.15, -0.1) is 0 Å². The van der Waals surface area contributed by atoms with E-state index in [1.54, 1.807) is 0 Å². The fourth-order valence-corrected chi connectivity index (χ4v) is 6.75. The van der Waals surface area contributed by atoms with Crippen LogP contribution in [-0.2, 0) is 19.0 Å². The highest BCUT2D eigenvalue weighted by Gasteiger charge is 2.11. The van der Waals surface area contributed by atoms with Gasteiger partial charge in [0.05, 0.1) is 12.7 Å². The zero-order valence-corrected chi connectivity index (χ0v) is 34.3. The molecule has 6 nitrogen and oxygen atoms in total. The third kappa shape index (κ3) is 37.1. The topological polar surface area (TPSA) is 68.2 Å². The lowest BCUT2D eigenvalue weighted by atomic mass is 10.1. The number of aliphatic hydroxyl groups is 1. The molecule has 0 aromatic carbocycles. The number of ether oxygens (including phenoxy) is 3. The molecule has 0 aromatic rings. The van der Waals surface area contributed by atoms with E-state index in [0.29, 0.717) is 6.42 Å². The minimum Gasteiger partial charge on any atom is -0.463 e. The van der Waals surface area contributed by atoms with Crippen LogP contribution < -0.4 is 0 Å². The molecule has 0 fully saturated rings. The number of hydrogen-bond donors (Lipinski definition) is 1. The van der Waals surface area contributed by atoms with Crippen molar-refractivity contribution in [3.05, 3.63) is 0 Å². The van der Waals surface area contributed by atoms with Crippen molar-refractivity contribution in [3.63, 3.8) is 0 Å². The predicted molar refractivity (Wildman–Crippen MR) is 215 cm³/mol. The number of esters is 1. The lowest BCUT2D eigenvalue weighted by Gasteiger charge is -2.21. The van der Waals surface area contributed by atoms with Gasteiger partial charge < -0.3 is 24.2 Å². The van der Waals surface area contributed by atoms with Crippen molar-refractivity contribution in [2.75, 3.05) is 39.5 Å². The first-order chi connectivity index (χ1) is 24.6. The Morgan fingerprint density at radius 2 is 0.900 bits per heavy atom. The minimum atomic E-state index is -0.0291. The third-order valence-corrected chi connectivity index (χ3v) is 10.1. The molecule has 0 heterocycles. The maximum atomic E-state index is 12.2. The molecule has 1 unspecified atom stereocenters. The molecule has 300 valence electrons. The lowest BCUT2D eigenvalue weighted by molar-refractivity contribution is -0.148. The summed E-state index contributed by atoms with van der Waals surface area (Å²) in [6.07, 6.45) is 37.4. The van der Waals surface area contributed by atoms with Crippen molar-refractivity contribution in [1.82, 2.24) is 4.90 Å². The van der Waals surface area contributed by atoms with Crippen LogP contribution in [0.4, 0.5) is 0 Å². The van der Waals surface area contributed by atoms with Gasteiger partial charge in [0, 0.05) is 26.2 Å². The standard InChI is InChI=1S/C44H89NO5/c1-5-8-11-14-19-26-33-42(4)50-43(47)34-27-20-17-22-29-36-45(38-39-46)37-30-23-18-21-28-35-44(48-40-31-24-15-12-9-6-2)49-41-32-25-16-13-10-7-3/h42,44,46H,5-41H2,1-4H3. The van der Waals surface area contributed by atoms with Crippen molar-refractivity contribution in [2.24, 2.45) is 0 Å². The molecule has 1 N–H and O–H groups in total. The van der Waals surface area contributed by atoms with E-state index in [1.165, 1.54) is 148 Å². The number of hydrogen-bond acceptors (Lipinski definition) is 6. The van der Waals surface area contributed by atoms with E-state index < -0.39 is 0 Å². The maximum absolute atomic E-state index is 12.2. The molecule has 0 aliphatic carbocycles. The van der Waals surface area contributed by atoms with E-state index in [1.807, 2.05) is 6.92 Å². The number of nitrogens with zero attached hydrogens (tertiary/aromatic N) is 1. The molecule has 0 amide bonds. The van der Waals surface area contributed by atoms with Crippen molar-refractivity contribution < 1.29 is 24.1 Å².